The molecule has 27 heavy (non-hydrogen) atoms. The van der Waals surface area contributed by atoms with E-state index < -0.39 is 17.8 Å². The van der Waals surface area contributed by atoms with Gasteiger partial charge in [0.1, 0.15) is 6.10 Å². The first-order valence-corrected chi connectivity index (χ1v) is 9.23. The minimum atomic E-state index is -4.34. The van der Waals surface area contributed by atoms with Crippen LogP contribution in [0.2, 0.25) is 0 Å². The monoisotopic (exact) mass is 386 g/mol. The number of carbonyl (C=O) groups is 1. The number of nitrogens with one attached hydrogen (secondary N) is 1. The number of morpholine rings is 1. The normalized spacial score (nSPS) is 27.3. The van der Waals surface area contributed by atoms with Crippen molar-refractivity contribution in [3.8, 4) is 0 Å². The summed E-state index contributed by atoms with van der Waals surface area (Å²) in [6.07, 6.45) is -3.20. The van der Waals surface area contributed by atoms with Gasteiger partial charge in [-0.15, -0.1) is 0 Å². The summed E-state index contributed by atoms with van der Waals surface area (Å²) in [7, 11) is 1.58. The lowest BCUT2D eigenvalue weighted by molar-refractivity contribution is -0.139. The van der Waals surface area contributed by atoms with Crippen LogP contribution in [0.4, 0.5) is 13.2 Å². The number of nitrogens with zero attached hydrogens (tertiary/aromatic N) is 1. The highest BCUT2D eigenvalue weighted by molar-refractivity contribution is 5.80. The molecule has 1 N–H and O–H groups in total. The summed E-state index contributed by atoms with van der Waals surface area (Å²) in [5.41, 5.74) is 0.115. The van der Waals surface area contributed by atoms with E-state index in [1.807, 2.05) is 0 Å². The Bertz CT molecular complexity index is 636. The number of hydrogen-bond acceptors (Lipinski definition) is 4. The van der Waals surface area contributed by atoms with Gasteiger partial charge in [-0.1, -0.05) is 12.1 Å². The fraction of sp³-hybridized carbons (Fsp3) is 0.632. The van der Waals surface area contributed by atoms with Crippen molar-refractivity contribution in [3.63, 3.8) is 0 Å². The van der Waals surface area contributed by atoms with Crippen LogP contribution >= 0.6 is 0 Å². The average molecular weight is 386 g/mol. The second kappa shape index (κ2) is 8.58. The van der Waals surface area contributed by atoms with Crippen LogP contribution in [0.15, 0.2) is 24.3 Å². The van der Waals surface area contributed by atoms with E-state index in [1.54, 1.807) is 7.05 Å². The lowest BCUT2D eigenvalue weighted by Gasteiger charge is -2.38. The molecule has 150 valence electrons. The molecule has 3 atom stereocenters. The zero-order chi connectivity index (χ0) is 19.4. The van der Waals surface area contributed by atoms with Crippen molar-refractivity contribution in [2.24, 2.45) is 5.92 Å². The lowest BCUT2D eigenvalue weighted by Crippen LogP contribution is -2.50. The quantitative estimate of drug-likeness (QED) is 0.864. The molecule has 2 saturated heterocycles. The van der Waals surface area contributed by atoms with Crippen molar-refractivity contribution < 1.29 is 27.4 Å². The van der Waals surface area contributed by atoms with Crippen LogP contribution in [0.5, 0.6) is 0 Å². The van der Waals surface area contributed by atoms with Crippen molar-refractivity contribution in [2.75, 3.05) is 39.9 Å². The van der Waals surface area contributed by atoms with Crippen molar-refractivity contribution in [3.05, 3.63) is 35.4 Å². The molecule has 0 radical (unpaired) electrons. The summed E-state index contributed by atoms with van der Waals surface area (Å²) in [6, 6.07) is 5.25. The molecule has 5 nitrogen and oxygen atoms in total. The first-order chi connectivity index (χ1) is 12.9. The van der Waals surface area contributed by atoms with Crippen LogP contribution in [-0.2, 0) is 20.4 Å². The fourth-order valence-electron chi connectivity index (χ4n) is 3.78. The van der Waals surface area contributed by atoms with Crippen molar-refractivity contribution >= 4 is 5.91 Å². The predicted octanol–water partition coefficient (Wildman–Crippen LogP) is 2.62. The molecule has 0 aromatic heterocycles. The molecular weight excluding hydrogens is 361 g/mol. The minimum absolute atomic E-state index is 0.140. The third-order valence-electron chi connectivity index (χ3n) is 5.19. The molecule has 3 rings (SSSR count). The summed E-state index contributed by atoms with van der Waals surface area (Å²) >= 11 is 0. The number of halogens is 3. The molecule has 0 spiro atoms. The lowest BCUT2D eigenvalue weighted by atomic mass is 9.88. The Kier molecular flexibility index (Phi) is 6.39. The maximum Gasteiger partial charge on any atom is 0.416 e. The number of likely N-dealkylation sites (N-methyl/N-ethyl adjacent to an activating group) is 1. The molecule has 2 aliphatic heterocycles. The van der Waals surface area contributed by atoms with E-state index in [0.717, 1.165) is 43.6 Å². The van der Waals surface area contributed by atoms with Gasteiger partial charge in [0.05, 0.1) is 18.3 Å². The molecule has 1 aromatic rings. The molecule has 1 unspecified atom stereocenters. The van der Waals surface area contributed by atoms with Crippen molar-refractivity contribution in [1.29, 1.82) is 0 Å². The Balaban J connectivity index is 1.67. The number of rotatable bonds is 4. The van der Waals surface area contributed by atoms with E-state index in [4.69, 9.17) is 9.47 Å². The Morgan fingerprint density at radius 1 is 1.22 bits per heavy atom. The molecule has 8 heteroatoms. The third kappa shape index (κ3) is 5.00. The molecule has 1 amide bonds. The van der Waals surface area contributed by atoms with Gasteiger partial charge in [0.15, 0.2) is 0 Å². The van der Waals surface area contributed by atoms with E-state index >= 15 is 0 Å². The topological polar surface area (TPSA) is 50.8 Å². The van der Waals surface area contributed by atoms with Crippen LogP contribution < -0.4 is 5.32 Å². The SMILES string of the molecule is CNC(=O)C1CN(C[C@@H]2CCCO[C@H]2c2ccc(C(F)(F)F)cc2)CCO1. The second-order valence-electron chi connectivity index (χ2n) is 7.05. The Morgan fingerprint density at radius 2 is 1.96 bits per heavy atom. The van der Waals surface area contributed by atoms with Crippen LogP contribution in [0.25, 0.3) is 0 Å². The standard InChI is InChI=1S/C19H25F3N2O3/c1-23-18(25)16-12-24(8-10-26-16)11-14-3-2-9-27-17(14)13-4-6-15(7-5-13)19(20,21)22/h4-7,14,16-17H,2-3,8-12H2,1H3,(H,23,25)/t14-,16?,17-/m0/s1. The van der Waals surface area contributed by atoms with E-state index in [1.165, 1.54) is 12.1 Å². The smallest absolute Gasteiger partial charge is 0.373 e. The number of alkyl halides is 3. The van der Waals surface area contributed by atoms with Gasteiger partial charge in [0.2, 0.25) is 5.91 Å². The highest BCUT2D eigenvalue weighted by Gasteiger charge is 2.34. The molecule has 2 heterocycles. The highest BCUT2D eigenvalue weighted by Crippen LogP contribution is 2.36. The van der Waals surface area contributed by atoms with E-state index in [0.29, 0.717) is 19.8 Å². The van der Waals surface area contributed by atoms with Gasteiger partial charge in [-0.3, -0.25) is 9.69 Å². The Morgan fingerprint density at radius 3 is 2.63 bits per heavy atom. The maximum atomic E-state index is 12.8. The summed E-state index contributed by atoms with van der Waals surface area (Å²) in [5, 5.41) is 2.60. The van der Waals surface area contributed by atoms with Gasteiger partial charge in [-0.2, -0.15) is 13.2 Å². The fourth-order valence-corrected chi connectivity index (χ4v) is 3.78. The Hall–Kier alpha value is -1.64. The Labute approximate surface area is 156 Å². The number of hydrogen-bond donors (Lipinski definition) is 1. The first kappa shape index (κ1) is 20.1. The van der Waals surface area contributed by atoms with Gasteiger partial charge in [-0.25, -0.2) is 0 Å². The number of carbonyl (C=O) groups excluding carboxylic acids is 1. The summed E-state index contributed by atoms with van der Waals surface area (Å²) < 4.78 is 49.8. The summed E-state index contributed by atoms with van der Waals surface area (Å²) in [5.74, 6) is 0.0257. The van der Waals surface area contributed by atoms with Gasteiger partial charge < -0.3 is 14.8 Å². The zero-order valence-corrected chi connectivity index (χ0v) is 15.3. The number of ether oxygens (including phenoxy) is 2. The molecule has 1 aromatic carbocycles. The molecular formula is C19H25F3N2O3. The average Bonchev–Trinajstić information content (AvgIpc) is 2.67. The molecule has 0 bridgehead atoms. The maximum absolute atomic E-state index is 12.8. The van der Waals surface area contributed by atoms with Gasteiger partial charge in [-0.05, 0) is 30.5 Å². The van der Waals surface area contributed by atoms with Crippen LogP contribution in [0, 0.1) is 5.92 Å². The van der Waals surface area contributed by atoms with Crippen LogP contribution in [0.3, 0.4) is 0 Å². The first-order valence-electron chi connectivity index (χ1n) is 9.23. The van der Waals surface area contributed by atoms with Crippen molar-refractivity contribution in [2.45, 2.75) is 31.2 Å². The van der Waals surface area contributed by atoms with Gasteiger partial charge in [0.25, 0.3) is 0 Å². The largest absolute Gasteiger partial charge is 0.416 e. The van der Waals surface area contributed by atoms with E-state index in [2.05, 4.69) is 10.2 Å². The summed E-state index contributed by atoms with van der Waals surface area (Å²) in [4.78, 5) is 14.0. The minimum Gasteiger partial charge on any atom is -0.373 e. The molecule has 0 saturated carbocycles. The second-order valence-corrected chi connectivity index (χ2v) is 7.05. The van der Waals surface area contributed by atoms with Gasteiger partial charge in [0, 0.05) is 39.2 Å². The van der Waals surface area contributed by atoms with Crippen LogP contribution in [0.1, 0.15) is 30.1 Å². The third-order valence-corrected chi connectivity index (χ3v) is 5.19. The number of benzene rings is 1. The van der Waals surface area contributed by atoms with Gasteiger partial charge >= 0.3 is 6.18 Å². The van der Waals surface area contributed by atoms with Crippen molar-refractivity contribution in [1.82, 2.24) is 10.2 Å². The summed E-state index contributed by atoms with van der Waals surface area (Å²) in [6.45, 7) is 3.05. The highest BCUT2D eigenvalue weighted by atomic mass is 19.4. The van der Waals surface area contributed by atoms with Crippen LogP contribution in [-0.4, -0.2) is 56.8 Å². The zero-order valence-electron chi connectivity index (χ0n) is 15.3. The van der Waals surface area contributed by atoms with E-state index in [-0.39, 0.29) is 17.9 Å². The molecule has 2 aliphatic rings. The molecule has 0 aliphatic carbocycles. The predicted molar refractivity (Wildman–Crippen MR) is 93.1 cm³/mol. The number of amides is 1. The van der Waals surface area contributed by atoms with E-state index in [9.17, 15) is 18.0 Å². The molecule has 2 fully saturated rings.